The van der Waals surface area contributed by atoms with Crippen LogP contribution in [0, 0.1) is 16.7 Å². The fourth-order valence-electron chi connectivity index (χ4n) is 4.86. The van der Waals surface area contributed by atoms with Gasteiger partial charge in [0, 0.05) is 11.5 Å². The number of aliphatic carboxylic acids is 1. The number of carbonyl (C=O) groups excluding carboxylic acids is 2. The standard InChI is InChI=1S/C25H37NO4/c1-24(2,3)25(14-8-5-9-15-25)16-10-13-20(17-22(28)29)23(30)26-18-21(27)19-11-6-4-7-12-19/h4,6-7,11-12,20H,5,8-10,13-18H2,1-3H3,(H,26,30)(H,28,29)/t20-/m1/s1. The smallest absolute Gasteiger partial charge is 0.304 e. The zero-order valence-electron chi connectivity index (χ0n) is 18.7. The lowest BCUT2D eigenvalue weighted by atomic mass is 9.57. The third-order valence-electron chi connectivity index (χ3n) is 6.92. The Kier molecular flexibility index (Phi) is 8.63. The molecule has 0 radical (unpaired) electrons. The second kappa shape index (κ2) is 10.7. The van der Waals surface area contributed by atoms with Crippen molar-refractivity contribution in [3.63, 3.8) is 0 Å². The Morgan fingerprint density at radius 1 is 1.07 bits per heavy atom. The SMILES string of the molecule is CC(C)(C)C1(CCC[C@H](CC(=O)O)C(=O)NCC(=O)c2ccccc2)CCCCC1. The molecule has 0 bridgehead atoms. The molecule has 1 aromatic carbocycles. The minimum absolute atomic E-state index is 0.106. The van der Waals surface area contributed by atoms with E-state index in [2.05, 4.69) is 26.1 Å². The minimum atomic E-state index is -0.979. The Balaban J connectivity index is 1.93. The molecule has 1 aliphatic rings. The predicted octanol–water partition coefficient (Wildman–Crippen LogP) is 5.24. The number of amides is 1. The molecule has 5 nitrogen and oxygen atoms in total. The van der Waals surface area contributed by atoms with Crippen molar-refractivity contribution in [2.75, 3.05) is 6.54 Å². The molecule has 0 spiro atoms. The van der Waals surface area contributed by atoms with Gasteiger partial charge in [-0.15, -0.1) is 0 Å². The zero-order chi connectivity index (χ0) is 22.2. The molecule has 1 saturated carbocycles. The van der Waals surface area contributed by atoms with Crippen LogP contribution >= 0.6 is 0 Å². The molecule has 1 atom stereocenters. The molecule has 30 heavy (non-hydrogen) atoms. The van der Waals surface area contributed by atoms with Crippen molar-refractivity contribution in [1.82, 2.24) is 5.32 Å². The van der Waals surface area contributed by atoms with Gasteiger partial charge in [0.2, 0.25) is 5.91 Å². The Hall–Kier alpha value is -2.17. The van der Waals surface area contributed by atoms with Crippen molar-refractivity contribution in [2.24, 2.45) is 16.7 Å². The minimum Gasteiger partial charge on any atom is -0.481 e. The lowest BCUT2D eigenvalue weighted by molar-refractivity contribution is -0.141. The highest BCUT2D eigenvalue weighted by atomic mass is 16.4. The summed E-state index contributed by atoms with van der Waals surface area (Å²) >= 11 is 0. The molecule has 0 aliphatic heterocycles. The topological polar surface area (TPSA) is 83.5 Å². The van der Waals surface area contributed by atoms with Gasteiger partial charge in [-0.05, 0) is 36.5 Å². The molecule has 0 heterocycles. The van der Waals surface area contributed by atoms with E-state index < -0.39 is 11.9 Å². The van der Waals surface area contributed by atoms with Crippen molar-refractivity contribution >= 4 is 17.7 Å². The normalized spacial score (nSPS) is 17.2. The number of benzene rings is 1. The van der Waals surface area contributed by atoms with Gasteiger partial charge in [0.05, 0.1) is 13.0 Å². The number of carboxylic acid groups (broad SMARTS) is 1. The van der Waals surface area contributed by atoms with Crippen LogP contribution in [0.5, 0.6) is 0 Å². The Morgan fingerprint density at radius 2 is 1.70 bits per heavy atom. The fourth-order valence-corrected chi connectivity index (χ4v) is 4.86. The number of carboxylic acids is 1. The number of hydrogen-bond donors (Lipinski definition) is 2. The van der Waals surface area contributed by atoms with Gasteiger partial charge in [-0.2, -0.15) is 0 Å². The summed E-state index contributed by atoms with van der Waals surface area (Å²) in [5, 5.41) is 11.9. The molecule has 0 saturated heterocycles. The molecule has 1 amide bonds. The van der Waals surface area contributed by atoms with Crippen molar-refractivity contribution in [3.8, 4) is 0 Å². The first-order valence-electron chi connectivity index (χ1n) is 11.2. The third-order valence-corrected chi connectivity index (χ3v) is 6.92. The van der Waals surface area contributed by atoms with E-state index in [1.807, 2.05) is 6.07 Å². The second-order valence-electron chi connectivity index (χ2n) is 9.79. The van der Waals surface area contributed by atoms with Gasteiger partial charge in [0.15, 0.2) is 5.78 Å². The summed E-state index contributed by atoms with van der Waals surface area (Å²) in [6.07, 6.45) is 8.38. The number of ketones is 1. The summed E-state index contributed by atoms with van der Waals surface area (Å²) in [5.74, 6) is -2.10. The molecular weight excluding hydrogens is 378 g/mol. The van der Waals surface area contributed by atoms with Gasteiger partial charge in [-0.25, -0.2) is 0 Å². The zero-order valence-corrected chi connectivity index (χ0v) is 18.7. The maximum Gasteiger partial charge on any atom is 0.304 e. The average molecular weight is 416 g/mol. The summed E-state index contributed by atoms with van der Waals surface area (Å²) in [6, 6.07) is 8.80. The third kappa shape index (κ3) is 6.68. The van der Waals surface area contributed by atoms with E-state index in [4.69, 9.17) is 0 Å². The van der Waals surface area contributed by atoms with Crippen molar-refractivity contribution in [1.29, 1.82) is 0 Å². The molecule has 1 fully saturated rings. The van der Waals surface area contributed by atoms with Gasteiger partial charge >= 0.3 is 5.97 Å². The van der Waals surface area contributed by atoms with Gasteiger partial charge < -0.3 is 10.4 Å². The average Bonchev–Trinajstić information content (AvgIpc) is 2.71. The highest BCUT2D eigenvalue weighted by molar-refractivity contribution is 5.99. The largest absolute Gasteiger partial charge is 0.481 e. The van der Waals surface area contributed by atoms with Gasteiger partial charge in [0.1, 0.15) is 0 Å². The van der Waals surface area contributed by atoms with Crippen LogP contribution in [0.25, 0.3) is 0 Å². The van der Waals surface area contributed by atoms with Crippen LogP contribution < -0.4 is 5.32 Å². The van der Waals surface area contributed by atoms with Crippen molar-refractivity contribution in [2.45, 2.75) is 78.6 Å². The lowest BCUT2D eigenvalue weighted by Gasteiger charge is -2.48. The molecule has 0 aromatic heterocycles. The number of Topliss-reactive ketones (excluding diaryl/α,β-unsaturated/α-hetero) is 1. The summed E-state index contributed by atoms with van der Waals surface area (Å²) in [7, 11) is 0. The summed E-state index contributed by atoms with van der Waals surface area (Å²) in [4.78, 5) is 36.2. The van der Waals surface area contributed by atoms with Crippen LogP contribution in [0.15, 0.2) is 30.3 Å². The van der Waals surface area contributed by atoms with E-state index in [-0.39, 0.29) is 35.5 Å². The summed E-state index contributed by atoms with van der Waals surface area (Å²) in [5.41, 5.74) is 0.996. The highest BCUT2D eigenvalue weighted by Gasteiger charge is 2.41. The Labute approximate surface area is 180 Å². The van der Waals surface area contributed by atoms with E-state index in [0.29, 0.717) is 12.0 Å². The first kappa shape index (κ1) is 24.1. The maximum atomic E-state index is 12.6. The monoisotopic (exact) mass is 415 g/mol. The fraction of sp³-hybridized carbons (Fsp3) is 0.640. The maximum absolute atomic E-state index is 12.6. The van der Waals surface area contributed by atoms with E-state index in [9.17, 15) is 19.5 Å². The van der Waals surface area contributed by atoms with Gasteiger partial charge in [0.25, 0.3) is 0 Å². The molecule has 1 aliphatic carbocycles. The van der Waals surface area contributed by atoms with Crippen LogP contribution in [0.3, 0.4) is 0 Å². The van der Waals surface area contributed by atoms with E-state index in [0.717, 1.165) is 12.8 Å². The molecule has 1 aromatic rings. The molecule has 5 heteroatoms. The second-order valence-corrected chi connectivity index (χ2v) is 9.79. The predicted molar refractivity (Wildman–Crippen MR) is 118 cm³/mol. The van der Waals surface area contributed by atoms with Crippen LogP contribution in [0.4, 0.5) is 0 Å². The Morgan fingerprint density at radius 3 is 2.27 bits per heavy atom. The van der Waals surface area contributed by atoms with Crippen LogP contribution in [-0.2, 0) is 9.59 Å². The lowest BCUT2D eigenvalue weighted by Crippen LogP contribution is -2.38. The van der Waals surface area contributed by atoms with E-state index >= 15 is 0 Å². The van der Waals surface area contributed by atoms with E-state index in [1.54, 1.807) is 24.3 Å². The first-order valence-corrected chi connectivity index (χ1v) is 11.2. The molecule has 166 valence electrons. The Bertz CT molecular complexity index is 714. The highest BCUT2D eigenvalue weighted by Crippen LogP contribution is 2.52. The van der Waals surface area contributed by atoms with Crippen molar-refractivity contribution < 1.29 is 19.5 Å². The van der Waals surface area contributed by atoms with Crippen LogP contribution in [0.1, 0.15) is 88.9 Å². The van der Waals surface area contributed by atoms with Crippen molar-refractivity contribution in [3.05, 3.63) is 35.9 Å². The molecule has 2 N–H and O–H groups in total. The number of rotatable bonds is 10. The number of carbonyl (C=O) groups is 3. The van der Waals surface area contributed by atoms with Crippen LogP contribution in [0.2, 0.25) is 0 Å². The quantitative estimate of drug-likeness (QED) is 0.512. The summed E-state index contributed by atoms with van der Waals surface area (Å²) < 4.78 is 0. The van der Waals surface area contributed by atoms with Crippen LogP contribution in [-0.4, -0.2) is 29.3 Å². The number of hydrogen-bond acceptors (Lipinski definition) is 3. The van der Waals surface area contributed by atoms with Gasteiger partial charge in [-0.3, -0.25) is 14.4 Å². The number of nitrogens with one attached hydrogen (secondary N) is 1. The first-order chi connectivity index (χ1) is 14.1. The van der Waals surface area contributed by atoms with Gasteiger partial charge in [-0.1, -0.05) is 76.8 Å². The summed E-state index contributed by atoms with van der Waals surface area (Å²) in [6.45, 7) is 6.80. The molecular formula is C25H37NO4. The molecule has 2 rings (SSSR count). The molecule has 0 unspecified atom stereocenters. The van der Waals surface area contributed by atoms with E-state index in [1.165, 1.54) is 32.1 Å².